The minimum atomic E-state index is 0.312. The monoisotopic (exact) mass is 447 g/mol. The predicted octanol–water partition coefficient (Wildman–Crippen LogP) is 7.23. The molecule has 5 heteroatoms. The Kier molecular flexibility index (Phi) is 5.68. The van der Waals surface area contributed by atoms with Gasteiger partial charge in [-0.2, -0.15) is 4.98 Å². The highest BCUT2D eigenvalue weighted by atomic mass is 35.5. The highest BCUT2D eigenvalue weighted by Crippen LogP contribution is 2.43. The van der Waals surface area contributed by atoms with E-state index in [2.05, 4.69) is 72.3 Å². The number of hydrogen-bond donors (Lipinski definition) is 0. The zero-order chi connectivity index (χ0) is 21.4. The second-order valence-electron chi connectivity index (χ2n) is 8.22. The van der Waals surface area contributed by atoms with Crippen LogP contribution in [-0.2, 0) is 19.4 Å². The molecule has 1 aliphatic rings. The zero-order valence-electron chi connectivity index (χ0n) is 18.0. The molecule has 0 aliphatic heterocycles. The highest BCUT2D eigenvalue weighted by molar-refractivity contribution is 7.19. The van der Waals surface area contributed by atoms with Crippen LogP contribution >= 0.6 is 22.9 Å². The van der Waals surface area contributed by atoms with Crippen LogP contribution in [0.4, 0.5) is 5.82 Å². The van der Waals surface area contributed by atoms with E-state index < -0.39 is 0 Å². The van der Waals surface area contributed by atoms with Gasteiger partial charge in [-0.15, -0.1) is 11.3 Å². The molecule has 0 bridgehead atoms. The van der Waals surface area contributed by atoms with E-state index in [9.17, 15) is 0 Å². The SMILES string of the molecule is CCN(Cc1ccccc1)c1nc(Cl)nc2sc(C)c(-c3ccc4c(c3)CCCC4)c12. The van der Waals surface area contributed by atoms with Gasteiger partial charge in [-0.25, -0.2) is 4.98 Å². The molecule has 1 aliphatic carbocycles. The number of benzene rings is 2. The molecule has 2 heterocycles. The van der Waals surface area contributed by atoms with Crippen LogP contribution in [0.1, 0.15) is 41.3 Å². The van der Waals surface area contributed by atoms with E-state index in [0.717, 1.165) is 29.1 Å². The Morgan fingerprint density at radius 1 is 1.00 bits per heavy atom. The lowest BCUT2D eigenvalue weighted by atomic mass is 9.89. The summed E-state index contributed by atoms with van der Waals surface area (Å²) in [5.74, 6) is 0.929. The molecule has 31 heavy (non-hydrogen) atoms. The summed E-state index contributed by atoms with van der Waals surface area (Å²) >= 11 is 8.10. The fraction of sp³-hybridized carbons (Fsp3) is 0.308. The fourth-order valence-electron chi connectivity index (χ4n) is 4.67. The Bertz CT molecular complexity index is 1230. The minimum Gasteiger partial charge on any atom is -0.352 e. The molecule has 0 amide bonds. The maximum atomic E-state index is 6.39. The second-order valence-corrected chi connectivity index (χ2v) is 9.76. The molecule has 0 saturated carbocycles. The summed E-state index contributed by atoms with van der Waals surface area (Å²) in [6, 6.07) is 17.5. The van der Waals surface area contributed by atoms with Gasteiger partial charge in [0.1, 0.15) is 10.6 Å². The highest BCUT2D eigenvalue weighted by Gasteiger charge is 2.22. The molecule has 0 saturated heterocycles. The topological polar surface area (TPSA) is 29.0 Å². The van der Waals surface area contributed by atoms with Crippen molar-refractivity contribution in [3.8, 4) is 11.1 Å². The summed E-state index contributed by atoms with van der Waals surface area (Å²) in [7, 11) is 0. The molecule has 158 valence electrons. The number of thiophene rings is 1. The Balaban J connectivity index is 1.67. The number of halogens is 1. The average molecular weight is 448 g/mol. The van der Waals surface area contributed by atoms with Crippen molar-refractivity contribution in [2.24, 2.45) is 0 Å². The van der Waals surface area contributed by atoms with Gasteiger partial charge in [0.05, 0.1) is 5.39 Å². The summed E-state index contributed by atoms with van der Waals surface area (Å²) in [4.78, 5) is 13.9. The number of fused-ring (bicyclic) bond motifs is 2. The quantitative estimate of drug-likeness (QED) is 0.302. The van der Waals surface area contributed by atoms with E-state index in [0.29, 0.717) is 5.28 Å². The molecule has 3 nitrogen and oxygen atoms in total. The van der Waals surface area contributed by atoms with Crippen LogP contribution < -0.4 is 4.90 Å². The van der Waals surface area contributed by atoms with Gasteiger partial charge in [0.2, 0.25) is 5.28 Å². The average Bonchev–Trinajstić information content (AvgIpc) is 3.12. The molecule has 0 N–H and O–H groups in total. The van der Waals surface area contributed by atoms with E-state index in [1.807, 2.05) is 0 Å². The van der Waals surface area contributed by atoms with Crippen molar-refractivity contribution >= 4 is 39.0 Å². The number of hydrogen-bond acceptors (Lipinski definition) is 4. The molecule has 0 radical (unpaired) electrons. The third-order valence-corrected chi connectivity index (χ3v) is 7.38. The lowest BCUT2D eigenvalue weighted by Gasteiger charge is -2.24. The minimum absolute atomic E-state index is 0.312. The molecule has 2 aromatic heterocycles. The van der Waals surface area contributed by atoms with Gasteiger partial charge in [0.15, 0.2) is 0 Å². The fourth-order valence-corrected chi connectivity index (χ4v) is 5.93. The summed E-state index contributed by atoms with van der Waals surface area (Å²) in [5, 5.41) is 1.44. The summed E-state index contributed by atoms with van der Waals surface area (Å²) in [6.07, 6.45) is 4.96. The first-order chi connectivity index (χ1) is 15.1. The van der Waals surface area contributed by atoms with Crippen LogP contribution in [0.2, 0.25) is 5.28 Å². The molecule has 4 aromatic rings. The standard InChI is InChI=1S/C26H26ClN3S/c1-3-30(16-18-9-5-4-6-10-18)24-23-22(17(2)31-25(23)29-26(27)28-24)21-14-13-19-11-7-8-12-20(19)15-21/h4-6,9-10,13-15H,3,7-8,11-12,16H2,1-2H3. The number of aryl methyl sites for hydroxylation is 3. The van der Waals surface area contributed by atoms with Gasteiger partial charge in [0.25, 0.3) is 0 Å². The molecule has 0 atom stereocenters. The van der Waals surface area contributed by atoms with Crippen molar-refractivity contribution in [2.75, 3.05) is 11.4 Å². The predicted molar refractivity (Wildman–Crippen MR) is 132 cm³/mol. The molecule has 5 rings (SSSR count). The van der Waals surface area contributed by atoms with Crippen LogP contribution in [-0.4, -0.2) is 16.5 Å². The third kappa shape index (κ3) is 3.95. The zero-order valence-corrected chi connectivity index (χ0v) is 19.6. The lowest BCUT2D eigenvalue weighted by molar-refractivity contribution is 0.686. The third-order valence-electron chi connectivity index (χ3n) is 6.22. The summed E-state index contributed by atoms with van der Waals surface area (Å²) in [6.45, 7) is 5.99. The normalized spacial score (nSPS) is 13.4. The molecule has 0 spiro atoms. The molecule has 0 fully saturated rings. The number of rotatable bonds is 5. The van der Waals surface area contributed by atoms with Gasteiger partial charge >= 0.3 is 0 Å². The molecular weight excluding hydrogens is 422 g/mol. The van der Waals surface area contributed by atoms with Crippen LogP contribution in [0, 0.1) is 6.92 Å². The van der Waals surface area contributed by atoms with Crippen LogP contribution in [0.5, 0.6) is 0 Å². The largest absolute Gasteiger partial charge is 0.352 e. The Labute approximate surface area is 192 Å². The van der Waals surface area contributed by atoms with E-state index in [1.165, 1.54) is 58.4 Å². The maximum Gasteiger partial charge on any atom is 0.225 e. The first-order valence-electron chi connectivity index (χ1n) is 11.0. The number of anilines is 1. The van der Waals surface area contributed by atoms with E-state index in [1.54, 1.807) is 11.3 Å². The van der Waals surface area contributed by atoms with Crippen molar-refractivity contribution in [1.82, 2.24) is 9.97 Å². The maximum absolute atomic E-state index is 6.39. The Morgan fingerprint density at radius 3 is 2.55 bits per heavy atom. The van der Waals surface area contributed by atoms with Gasteiger partial charge in [-0.1, -0.05) is 48.5 Å². The van der Waals surface area contributed by atoms with Crippen LogP contribution in [0.3, 0.4) is 0 Å². The molecular formula is C26H26ClN3S. The number of nitrogens with zero attached hydrogens (tertiary/aromatic N) is 3. The Hall–Kier alpha value is -2.43. The lowest BCUT2D eigenvalue weighted by Crippen LogP contribution is -2.23. The van der Waals surface area contributed by atoms with E-state index in [-0.39, 0.29) is 0 Å². The number of aromatic nitrogens is 2. The summed E-state index contributed by atoms with van der Waals surface area (Å²) in [5.41, 5.74) is 6.79. The van der Waals surface area contributed by atoms with Gasteiger partial charge in [0, 0.05) is 23.5 Å². The molecule has 2 aromatic carbocycles. The molecule has 0 unspecified atom stereocenters. The van der Waals surface area contributed by atoms with Crippen molar-refractivity contribution in [1.29, 1.82) is 0 Å². The first kappa shape index (κ1) is 20.5. The van der Waals surface area contributed by atoms with E-state index in [4.69, 9.17) is 16.6 Å². The summed E-state index contributed by atoms with van der Waals surface area (Å²) < 4.78 is 0. The van der Waals surface area contributed by atoms with Crippen LogP contribution in [0.25, 0.3) is 21.3 Å². The Morgan fingerprint density at radius 2 is 1.77 bits per heavy atom. The van der Waals surface area contributed by atoms with E-state index >= 15 is 0 Å². The smallest absolute Gasteiger partial charge is 0.225 e. The van der Waals surface area contributed by atoms with Crippen molar-refractivity contribution in [3.05, 3.63) is 75.4 Å². The van der Waals surface area contributed by atoms with Crippen molar-refractivity contribution in [3.63, 3.8) is 0 Å². The van der Waals surface area contributed by atoms with Crippen molar-refractivity contribution < 1.29 is 0 Å². The van der Waals surface area contributed by atoms with Crippen LogP contribution in [0.15, 0.2) is 48.5 Å². The van der Waals surface area contributed by atoms with Gasteiger partial charge in [-0.05, 0) is 73.4 Å². The van der Waals surface area contributed by atoms with Crippen molar-refractivity contribution in [2.45, 2.75) is 46.1 Å². The van der Waals surface area contributed by atoms with Gasteiger partial charge in [-0.3, -0.25) is 0 Å². The van der Waals surface area contributed by atoms with Gasteiger partial charge < -0.3 is 4.90 Å². The first-order valence-corrected chi connectivity index (χ1v) is 12.2. The second kappa shape index (κ2) is 8.60.